The second-order valence-corrected chi connectivity index (χ2v) is 13.6. The molecule has 0 bridgehead atoms. The first-order valence-electron chi connectivity index (χ1n) is 16.3. The van der Waals surface area contributed by atoms with E-state index in [1.807, 2.05) is 4.90 Å². The summed E-state index contributed by atoms with van der Waals surface area (Å²) in [7, 11) is 0. The summed E-state index contributed by atoms with van der Waals surface area (Å²) in [6.07, 6.45) is 6.69. The molecule has 3 fully saturated rings. The van der Waals surface area contributed by atoms with Crippen LogP contribution in [-0.2, 0) is 20.7 Å². The fourth-order valence-corrected chi connectivity index (χ4v) is 7.89. The van der Waals surface area contributed by atoms with E-state index >= 15 is 4.39 Å². The first kappa shape index (κ1) is 32.5. The summed E-state index contributed by atoms with van der Waals surface area (Å²) in [5.41, 5.74) is 1.12. The first-order valence-corrected chi connectivity index (χ1v) is 16.6. The van der Waals surface area contributed by atoms with Crippen molar-refractivity contribution in [2.75, 3.05) is 18.5 Å². The standard InChI is InChI=1S/C35H41ClFN3O6/c1-20-7-8-21(2)40(20)24-15-25(18-45-26-11-9-22(10-12-26)35(43)44)39(17-24)33(41)14-23-13-29(36)31(16-30(23)37)38-34(42)28-19-46-32-6-4-3-5-27(28)32/h3-6,13,16,19-22,24-26H,7-12,14-15,17-18H2,1-2H3,(H,38,42)(H,43,44)/t20-,21-,22?,24?,25+,26?/m1/s1. The lowest BCUT2D eigenvalue weighted by Crippen LogP contribution is -2.44. The minimum absolute atomic E-state index is 0.0321. The van der Waals surface area contributed by atoms with Gasteiger partial charge in [-0.25, -0.2) is 4.39 Å². The maximum absolute atomic E-state index is 15.5. The molecule has 2 aliphatic heterocycles. The van der Waals surface area contributed by atoms with Crippen LogP contribution in [0.1, 0.15) is 74.7 Å². The maximum atomic E-state index is 15.5. The molecule has 1 aromatic heterocycles. The Labute approximate surface area is 273 Å². The molecular weight excluding hydrogens is 613 g/mol. The van der Waals surface area contributed by atoms with Crippen LogP contribution < -0.4 is 5.32 Å². The molecule has 3 aromatic rings. The minimum atomic E-state index is -0.753. The molecule has 9 nitrogen and oxygen atoms in total. The van der Waals surface area contributed by atoms with Crippen molar-refractivity contribution in [2.45, 2.75) is 95.5 Å². The van der Waals surface area contributed by atoms with Gasteiger partial charge in [0.05, 0.1) is 47.4 Å². The average Bonchev–Trinajstić information content (AvgIpc) is 3.75. The third kappa shape index (κ3) is 6.80. The van der Waals surface area contributed by atoms with E-state index in [-0.39, 0.29) is 52.7 Å². The predicted octanol–water partition coefficient (Wildman–Crippen LogP) is 6.52. The lowest BCUT2D eigenvalue weighted by molar-refractivity contribution is -0.144. The number of carboxylic acid groups (broad SMARTS) is 1. The van der Waals surface area contributed by atoms with Crippen molar-refractivity contribution in [3.05, 3.63) is 64.6 Å². The first-order chi connectivity index (χ1) is 22.1. The van der Waals surface area contributed by atoms with E-state index < -0.39 is 17.7 Å². The number of nitrogens with one attached hydrogen (secondary N) is 1. The summed E-state index contributed by atoms with van der Waals surface area (Å²) in [5.74, 6) is -2.40. The normalized spacial score (nSPS) is 26.9. The van der Waals surface area contributed by atoms with Gasteiger partial charge in [-0.05, 0) is 82.6 Å². The molecule has 2 amide bonds. The zero-order valence-electron chi connectivity index (χ0n) is 26.2. The molecule has 2 N–H and O–H groups in total. The Balaban J connectivity index is 1.14. The van der Waals surface area contributed by atoms with Crippen LogP contribution in [0.2, 0.25) is 5.02 Å². The summed E-state index contributed by atoms with van der Waals surface area (Å²) >= 11 is 6.51. The van der Waals surface area contributed by atoms with Gasteiger partial charge in [-0.15, -0.1) is 0 Å². The smallest absolute Gasteiger partial charge is 0.306 e. The van der Waals surface area contributed by atoms with Gasteiger partial charge >= 0.3 is 5.97 Å². The van der Waals surface area contributed by atoms with Gasteiger partial charge in [-0.1, -0.05) is 29.8 Å². The van der Waals surface area contributed by atoms with Crippen molar-refractivity contribution in [3.63, 3.8) is 0 Å². The second kappa shape index (κ2) is 13.7. The molecule has 2 saturated heterocycles. The Morgan fingerprint density at radius 1 is 1.07 bits per heavy atom. The van der Waals surface area contributed by atoms with Crippen LogP contribution in [0.5, 0.6) is 0 Å². The molecule has 1 unspecified atom stereocenters. The van der Waals surface area contributed by atoms with Crippen molar-refractivity contribution < 1.29 is 33.0 Å². The van der Waals surface area contributed by atoms with Crippen LogP contribution in [0, 0.1) is 11.7 Å². The number of benzene rings is 2. The number of ether oxygens (including phenoxy) is 1. The highest BCUT2D eigenvalue weighted by atomic mass is 35.5. The Bertz CT molecular complexity index is 1590. The predicted molar refractivity (Wildman–Crippen MR) is 173 cm³/mol. The monoisotopic (exact) mass is 653 g/mol. The Hall–Kier alpha value is -3.47. The summed E-state index contributed by atoms with van der Waals surface area (Å²) in [6, 6.07) is 10.5. The van der Waals surface area contributed by atoms with Crippen LogP contribution in [0.15, 0.2) is 47.1 Å². The van der Waals surface area contributed by atoms with E-state index in [1.165, 1.54) is 12.3 Å². The maximum Gasteiger partial charge on any atom is 0.306 e. The number of furan rings is 1. The van der Waals surface area contributed by atoms with Gasteiger partial charge in [0.25, 0.3) is 5.91 Å². The molecule has 6 rings (SSSR count). The minimum Gasteiger partial charge on any atom is -0.481 e. The van der Waals surface area contributed by atoms with E-state index in [9.17, 15) is 19.5 Å². The molecule has 0 radical (unpaired) electrons. The molecule has 3 heterocycles. The number of carbonyl (C=O) groups excluding carboxylic acids is 2. The lowest BCUT2D eigenvalue weighted by Gasteiger charge is -2.32. The number of anilines is 1. The number of hydrogen-bond donors (Lipinski definition) is 2. The molecular formula is C35H41ClFN3O6. The molecule has 3 aliphatic rings. The molecule has 1 saturated carbocycles. The molecule has 4 atom stereocenters. The number of halogens is 2. The van der Waals surface area contributed by atoms with Crippen LogP contribution in [-0.4, -0.2) is 76.1 Å². The highest BCUT2D eigenvalue weighted by Crippen LogP contribution is 2.35. The Kier molecular flexibility index (Phi) is 9.68. The number of rotatable bonds is 9. The lowest BCUT2D eigenvalue weighted by atomic mass is 9.87. The van der Waals surface area contributed by atoms with Crippen molar-refractivity contribution in [1.29, 1.82) is 0 Å². The number of aliphatic carboxylic acids is 1. The summed E-state index contributed by atoms with van der Waals surface area (Å²) in [5, 5.41) is 12.8. The summed E-state index contributed by atoms with van der Waals surface area (Å²) < 4.78 is 27.2. The molecule has 46 heavy (non-hydrogen) atoms. The van der Waals surface area contributed by atoms with Crippen LogP contribution in [0.4, 0.5) is 10.1 Å². The van der Waals surface area contributed by atoms with Crippen LogP contribution in [0.25, 0.3) is 11.0 Å². The van der Waals surface area contributed by atoms with Crippen molar-refractivity contribution >= 4 is 46.0 Å². The van der Waals surface area contributed by atoms with E-state index in [4.69, 9.17) is 20.8 Å². The van der Waals surface area contributed by atoms with Crippen LogP contribution in [0.3, 0.4) is 0 Å². The molecule has 246 valence electrons. The number of nitrogens with zero attached hydrogens (tertiary/aromatic N) is 2. The van der Waals surface area contributed by atoms with Gasteiger partial charge in [-0.2, -0.15) is 0 Å². The van der Waals surface area contributed by atoms with Crippen molar-refractivity contribution in [2.24, 2.45) is 5.92 Å². The van der Waals surface area contributed by atoms with E-state index in [0.717, 1.165) is 25.3 Å². The third-order valence-corrected chi connectivity index (χ3v) is 10.5. The zero-order valence-corrected chi connectivity index (χ0v) is 27.0. The quantitative estimate of drug-likeness (QED) is 0.270. The van der Waals surface area contributed by atoms with E-state index in [1.54, 1.807) is 24.3 Å². The molecule has 11 heteroatoms. The van der Waals surface area contributed by atoms with Crippen LogP contribution >= 0.6 is 11.6 Å². The fraction of sp³-hybridized carbons (Fsp3) is 0.514. The zero-order chi connectivity index (χ0) is 32.5. The SMILES string of the molecule is C[C@@H]1CC[C@@H](C)N1C1C[C@@H](COC2CCC(C(=O)O)CC2)N(C(=O)Cc2cc(Cl)c(NC(=O)c3coc4ccccc34)cc2F)C1. The second-order valence-electron chi connectivity index (χ2n) is 13.2. The molecule has 0 spiro atoms. The number of hydrogen-bond acceptors (Lipinski definition) is 6. The fourth-order valence-electron chi connectivity index (χ4n) is 7.66. The summed E-state index contributed by atoms with van der Waals surface area (Å²) in [6.45, 7) is 5.36. The van der Waals surface area contributed by atoms with Gasteiger partial charge in [0.15, 0.2) is 0 Å². The van der Waals surface area contributed by atoms with Gasteiger partial charge < -0.3 is 24.5 Å². The number of fused-ring (bicyclic) bond motifs is 1. The van der Waals surface area contributed by atoms with Gasteiger partial charge in [0.2, 0.25) is 5.91 Å². The van der Waals surface area contributed by atoms with Gasteiger partial charge in [0, 0.05) is 30.1 Å². The Morgan fingerprint density at radius 2 is 1.78 bits per heavy atom. The number of carbonyl (C=O) groups is 3. The highest BCUT2D eigenvalue weighted by molar-refractivity contribution is 6.34. The number of likely N-dealkylation sites (tertiary alicyclic amines) is 2. The summed E-state index contributed by atoms with van der Waals surface area (Å²) in [4.78, 5) is 42.5. The molecule has 2 aromatic carbocycles. The van der Waals surface area contributed by atoms with E-state index in [2.05, 4.69) is 24.1 Å². The number of carboxylic acids is 1. The third-order valence-electron chi connectivity index (χ3n) is 10.2. The van der Waals surface area contributed by atoms with Gasteiger partial charge in [-0.3, -0.25) is 19.3 Å². The number of para-hydroxylation sites is 1. The molecule has 1 aliphatic carbocycles. The highest BCUT2D eigenvalue weighted by Gasteiger charge is 2.43. The Morgan fingerprint density at radius 3 is 2.50 bits per heavy atom. The van der Waals surface area contributed by atoms with Gasteiger partial charge in [0.1, 0.15) is 17.7 Å². The van der Waals surface area contributed by atoms with E-state index in [0.29, 0.717) is 67.5 Å². The topological polar surface area (TPSA) is 112 Å². The average molecular weight is 654 g/mol. The van der Waals surface area contributed by atoms with Crippen molar-refractivity contribution in [1.82, 2.24) is 9.80 Å². The van der Waals surface area contributed by atoms with Crippen molar-refractivity contribution in [3.8, 4) is 0 Å². The largest absolute Gasteiger partial charge is 0.481 e. The number of amides is 2.